The van der Waals surface area contributed by atoms with Crippen LogP contribution in [0.2, 0.25) is 10.0 Å². The molecule has 0 aliphatic rings. The number of aryl methyl sites for hydroxylation is 2. The molecular weight excluding hydrogens is 587 g/mol. The van der Waals surface area contributed by atoms with Gasteiger partial charge in [-0.25, -0.2) is 0 Å². The summed E-state index contributed by atoms with van der Waals surface area (Å²) in [5, 5.41) is 3.90. The van der Waals surface area contributed by atoms with Gasteiger partial charge in [-0.2, -0.15) is 0 Å². The Hall–Kier alpha value is -2.54. The molecule has 3 rings (SSSR count). The average molecular weight is 620 g/mol. The Morgan fingerprint density at radius 2 is 1.61 bits per heavy atom. The molecule has 2 atom stereocenters. The topological polar surface area (TPSA) is 58.6 Å². The Morgan fingerprint density at radius 3 is 2.18 bits per heavy atom. The standard InChI is InChI=1S/C30H33BrCl2N2O3/c1-5-21(4)34-30(37)27(16-22-10-7-6-8-11-22)35(17-24-25(32)12-9-13-26(24)33)28(36)18-38-23-14-19(2)29(31)20(3)15-23/h6-15,21,27H,5,16-18H2,1-4H3,(H,34,37). The monoisotopic (exact) mass is 618 g/mol. The number of carbonyl (C=O) groups excluding carboxylic acids is 2. The predicted molar refractivity (Wildman–Crippen MR) is 158 cm³/mol. The third kappa shape index (κ3) is 7.98. The van der Waals surface area contributed by atoms with Crippen LogP contribution in [0.25, 0.3) is 0 Å². The molecule has 0 bridgehead atoms. The summed E-state index contributed by atoms with van der Waals surface area (Å²) in [5.74, 6) is -0.00885. The van der Waals surface area contributed by atoms with Crippen molar-refractivity contribution in [3.8, 4) is 5.75 Å². The number of halogens is 3. The number of benzene rings is 3. The van der Waals surface area contributed by atoms with Crippen molar-refractivity contribution < 1.29 is 14.3 Å². The lowest BCUT2D eigenvalue weighted by molar-refractivity contribution is -0.143. The minimum Gasteiger partial charge on any atom is -0.484 e. The van der Waals surface area contributed by atoms with E-state index < -0.39 is 6.04 Å². The molecule has 202 valence electrons. The second-order valence-corrected chi connectivity index (χ2v) is 11.0. The van der Waals surface area contributed by atoms with E-state index in [1.165, 1.54) is 4.90 Å². The summed E-state index contributed by atoms with van der Waals surface area (Å²) in [6.07, 6.45) is 1.09. The highest BCUT2D eigenvalue weighted by molar-refractivity contribution is 9.10. The van der Waals surface area contributed by atoms with Gasteiger partial charge >= 0.3 is 0 Å². The summed E-state index contributed by atoms with van der Waals surface area (Å²) in [6, 6.07) is 17.7. The fourth-order valence-electron chi connectivity index (χ4n) is 4.07. The lowest BCUT2D eigenvalue weighted by Gasteiger charge is -2.32. The predicted octanol–water partition coefficient (Wildman–Crippen LogP) is 7.31. The SMILES string of the molecule is CCC(C)NC(=O)C(Cc1ccccc1)N(Cc1c(Cl)cccc1Cl)C(=O)COc1cc(C)c(Br)c(C)c1. The van der Waals surface area contributed by atoms with E-state index >= 15 is 0 Å². The van der Waals surface area contributed by atoms with Crippen LogP contribution < -0.4 is 10.1 Å². The molecule has 1 N–H and O–H groups in total. The Morgan fingerprint density at radius 1 is 1.00 bits per heavy atom. The fourth-order valence-corrected chi connectivity index (χ4v) is 4.81. The van der Waals surface area contributed by atoms with Gasteiger partial charge in [0.05, 0.1) is 0 Å². The molecule has 0 spiro atoms. The molecule has 0 saturated carbocycles. The Kier molecular flexibility index (Phi) is 11.1. The van der Waals surface area contributed by atoms with Crippen molar-refractivity contribution in [1.82, 2.24) is 10.2 Å². The first kappa shape index (κ1) is 30.0. The summed E-state index contributed by atoms with van der Waals surface area (Å²) in [5.41, 5.74) is 3.51. The van der Waals surface area contributed by atoms with Crippen LogP contribution in [0.4, 0.5) is 0 Å². The van der Waals surface area contributed by atoms with Crippen LogP contribution in [-0.4, -0.2) is 35.4 Å². The van der Waals surface area contributed by atoms with E-state index in [1.54, 1.807) is 18.2 Å². The van der Waals surface area contributed by atoms with Crippen LogP contribution in [0.3, 0.4) is 0 Å². The third-order valence-corrected chi connectivity index (χ3v) is 8.39. The second kappa shape index (κ2) is 14.0. The summed E-state index contributed by atoms with van der Waals surface area (Å²) in [6.45, 7) is 7.68. The van der Waals surface area contributed by atoms with E-state index in [2.05, 4.69) is 21.2 Å². The highest BCUT2D eigenvalue weighted by Crippen LogP contribution is 2.29. The highest BCUT2D eigenvalue weighted by Gasteiger charge is 2.32. The van der Waals surface area contributed by atoms with Gasteiger partial charge in [0.25, 0.3) is 5.91 Å². The van der Waals surface area contributed by atoms with Gasteiger partial charge in [0.2, 0.25) is 5.91 Å². The Labute approximate surface area is 243 Å². The first-order chi connectivity index (χ1) is 18.1. The van der Waals surface area contributed by atoms with E-state index in [0.29, 0.717) is 27.8 Å². The molecule has 0 saturated heterocycles. The minimum absolute atomic E-state index is 0.0495. The first-order valence-electron chi connectivity index (χ1n) is 12.6. The molecule has 3 aromatic carbocycles. The van der Waals surface area contributed by atoms with E-state index in [4.69, 9.17) is 27.9 Å². The van der Waals surface area contributed by atoms with Gasteiger partial charge in [-0.15, -0.1) is 0 Å². The molecule has 2 amide bonds. The van der Waals surface area contributed by atoms with Crippen molar-refractivity contribution in [2.24, 2.45) is 0 Å². The van der Waals surface area contributed by atoms with E-state index in [9.17, 15) is 9.59 Å². The number of ether oxygens (including phenoxy) is 1. The van der Waals surface area contributed by atoms with Crippen LogP contribution in [0.15, 0.2) is 65.1 Å². The van der Waals surface area contributed by atoms with Gasteiger partial charge in [0, 0.05) is 39.1 Å². The van der Waals surface area contributed by atoms with E-state index in [0.717, 1.165) is 27.6 Å². The normalized spacial score (nSPS) is 12.5. The lowest BCUT2D eigenvalue weighted by atomic mass is 10.0. The Balaban J connectivity index is 1.98. The quantitative estimate of drug-likeness (QED) is 0.245. The number of nitrogens with one attached hydrogen (secondary N) is 1. The number of amides is 2. The van der Waals surface area contributed by atoms with Crippen LogP contribution in [0.5, 0.6) is 5.75 Å². The van der Waals surface area contributed by atoms with E-state index in [-0.39, 0.29) is 31.0 Å². The molecule has 0 aliphatic carbocycles. The van der Waals surface area contributed by atoms with Gasteiger partial charge in [-0.3, -0.25) is 9.59 Å². The van der Waals surface area contributed by atoms with Gasteiger partial charge in [0.15, 0.2) is 6.61 Å². The maximum Gasteiger partial charge on any atom is 0.261 e. The zero-order valence-electron chi connectivity index (χ0n) is 22.1. The average Bonchev–Trinajstić information content (AvgIpc) is 2.89. The molecule has 0 aromatic heterocycles. The molecule has 38 heavy (non-hydrogen) atoms. The largest absolute Gasteiger partial charge is 0.484 e. The zero-order chi connectivity index (χ0) is 27.8. The number of carbonyl (C=O) groups is 2. The summed E-state index contributed by atoms with van der Waals surface area (Å²) >= 11 is 16.5. The summed E-state index contributed by atoms with van der Waals surface area (Å²) in [4.78, 5) is 28.9. The van der Waals surface area contributed by atoms with Gasteiger partial charge < -0.3 is 15.0 Å². The fraction of sp³-hybridized carbons (Fsp3) is 0.333. The number of nitrogens with zero attached hydrogens (tertiary/aromatic N) is 1. The van der Waals surface area contributed by atoms with Crippen LogP contribution in [0.1, 0.15) is 42.5 Å². The molecule has 0 fully saturated rings. The Bertz CT molecular complexity index is 1230. The van der Waals surface area contributed by atoms with Crippen molar-refractivity contribution in [3.63, 3.8) is 0 Å². The number of hydrogen-bond donors (Lipinski definition) is 1. The van der Waals surface area contributed by atoms with Crippen LogP contribution in [-0.2, 0) is 22.6 Å². The number of rotatable bonds is 11. The highest BCUT2D eigenvalue weighted by atomic mass is 79.9. The van der Waals surface area contributed by atoms with Gasteiger partial charge in [-0.05, 0) is 68.1 Å². The maximum absolute atomic E-state index is 13.8. The summed E-state index contributed by atoms with van der Waals surface area (Å²) in [7, 11) is 0. The molecule has 0 heterocycles. The molecule has 0 aliphatic heterocycles. The molecular formula is C30H33BrCl2N2O3. The third-order valence-electron chi connectivity index (χ3n) is 6.43. The smallest absolute Gasteiger partial charge is 0.261 e. The van der Waals surface area contributed by atoms with Crippen molar-refractivity contribution >= 4 is 50.9 Å². The molecule has 0 radical (unpaired) electrons. The van der Waals surface area contributed by atoms with Crippen LogP contribution in [0, 0.1) is 13.8 Å². The van der Waals surface area contributed by atoms with Crippen molar-refractivity contribution in [1.29, 1.82) is 0 Å². The van der Waals surface area contributed by atoms with Crippen molar-refractivity contribution in [3.05, 3.63) is 97.4 Å². The van der Waals surface area contributed by atoms with Gasteiger partial charge in [-0.1, -0.05) is 82.5 Å². The van der Waals surface area contributed by atoms with Crippen molar-refractivity contribution in [2.75, 3.05) is 6.61 Å². The maximum atomic E-state index is 13.8. The minimum atomic E-state index is -0.803. The number of hydrogen-bond acceptors (Lipinski definition) is 3. The van der Waals surface area contributed by atoms with Crippen LogP contribution >= 0.6 is 39.1 Å². The second-order valence-electron chi connectivity index (χ2n) is 9.40. The van der Waals surface area contributed by atoms with Crippen molar-refractivity contribution in [2.45, 2.75) is 59.2 Å². The van der Waals surface area contributed by atoms with E-state index in [1.807, 2.05) is 70.2 Å². The molecule has 3 aromatic rings. The van der Waals surface area contributed by atoms with Gasteiger partial charge in [0.1, 0.15) is 11.8 Å². The first-order valence-corrected chi connectivity index (χ1v) is 14.1. The molecule has 2 unspecified atom stereocenters. The molecule has 5 nitrogen and oxygen atoms in total. The zero-order valence-corrected chi connectivity index (χ0v) is 25.2. The lowest BCUT2D eigenvalue weighted by Crippen LogP contribution is -2.53. The molecule has 8 heteroatoms. The summed E-state index contributed by atoms with van der Waals surface area (Å²) < 4.78 is 6.93.